The van der Waals surface area contributed by atoms with Crippen molar-refractivity contribution < 1.29 is 14.3 Å². The Labute approximate surface area is 192 Å². The van der Waals surface area contributed by atoms with Gasteiger partial charge >= 0.3 is 0 Å². The third-order valence-corrected chi connectivity index (χ3v) is 5.74. The average molecular weight is 448 g/mol. The topological polar surface area (TPSA) is 94.1 Å². The number of nitrogens with zero attached hydrogens (tertiary/aromatic N) is 3. The molecule has 0 aliphatic heterocycles. The fraction of sp³-hybridized carbons (Fsp3) is 0.320. The van der Waals surface area contributed by atoms with E-state index in [0.29, 0.717) is 13.2 Å². The van der Waals surface area contributed by atoms with Crippen molar-refractivity contribution in [2.75, 3.05) is 20.8 Å². The summed E-state index contributed by atoms with van der Waals surface area (Å²) in [7, 11) is 3.31. The minimum atomic E-state index is -0.265. The van der Waals surface area contributed by atoms with Gasteiger partial charge in [-0.05, 0) is 50.2 Å². The van der Waals surface area contributed by atoms with E-state index in [1.165, 1.54) is 0 Å². The van der Waals surface area contributed by atoms with Crippen LogP contribution in [0.1, 0.15) is 30.0 Å². The van der Waals surface area contributed by atoms with Crippen molar-refractivity contribution in [2.24, 2.45) is 0 Å². The van der Waals surface area contributed by atoms with E-state index in [1.54, 1.807) is 14.2 Å². The van der Waals surface area contributed by atoms with Gasteiger partial charge in [-0.25, -0.2) is 4.98 Å². The summed E-state index contributed by atoms with van der Waals surface area (Å²) >= 11 is 0. The highest BCUT2D eigenvalue weighted by Gasteiger charge is 2.21. The summed E-state index contributed by atoms with van der Waals surface area (Å²) in [6.07, 6.45) is 0.215. The van der Waals surface area contributed by atoms with E-state index >= 15 is 0 Å². The highest BCUT2D eigenvalue weighted by atomic mass is 16.5. The van der Waals surface area contributed by atoms with Crippen molar-refractivity contribution in [2.45, 2.75) is 32.9 Å². The quantitative estimate of drug-likeness (QED) is 0.407. The molecule has 33 heavy (non-hydrogen) atoms. The van der Waals surface area contributed by atoms with Crippen LogP contribution in [0.5, 0.6) is 5.75 Å². The lowest BCUT2D eigenvalue weighted by atomic mass is 10.0. The summed E-state index contributed by atoms with van der Waals surface area (Å²) in [6.45, 7) is 5.10. The molecule has 0 saturated carbocycles. The maximum absolute atomic E-state index is 13.0. The molecule has 0 unspecified atom stereocenters. The van der Waals surface area contributed by atoms with E-state index in [2.05, 4.69) is 20.1 Å². The van der Waals surface area contributed by atoms with Gasteiger partial charge in [0.05, 0.1) is 42.9 Å². The molecule has 2 N–H and O–H groups in total. The number of ether oxygens (including phenoxy) is 2. The van der Waals surface area contributed by atoms with Gasteiger partial charge in [0.25, 0.3) is 0 Å². The molecule has 1 amide bonds. The zero-order valence-corrected chi connectivity index (χ0v) is 19.4. The van der Waals surface area contributed by atoms with Crippen LogP contribution in [-0.2, 0) is 22.5 Å². The average Bonchev–Trinajstić information content (AvgIpc) is 3.38. The third-order valence-electron chi connectivity index (χ3n) is 5.74. The van der Waals surface area contributed by atoms with Crippen LogP contribution in [0.2, 0.25) is 0 Å². The van der Waals surface area contributed by atoms with E-state index in [9.17, 15) is 4.79 Å². The first-order valence-electron chi connectivity index (χ1n) is 10.9. The SMILES string of the molecule is COCCn1c([C@H](C)NC(=O)Cc2c(-c3ccc(OC)cc3)n[nH]c2C)nc2ccccc21. The lowest BCUT2D eigenvalue weighted by molar-refractivity contribution is -0.121. The number of nitrogens with one attached hydrogen (secondary N) is 2. The number of rotatable bonds is 9. The van der Waals surface area contributed by atoms with E-state index in [-0.39, 0.29) is 18.4 Å². The predicted molar refractivity (Wildman–Crippen MR) is 127 cm³/mol. The first kappa shape index (κ1) is 22.5. The number of hydrogen-bond acceptors (Lipinski definition) is 5. The normalized spacial score (nSPS) is 12.1. The van der Waals surface area contributed by atoms with Crippen LogP contribution in [0, 0.1) is 6.92 Å². The van der Waals surface area contributed by atoms with Gasteiger partial charge in [-0.1, -0.05) is 12.1 Å². The summed E-state index contributed by atoms with van der Waals surface area (Å²) in [5.41, 5.74) is 5.37. The van der Waals surface area contributed by atoms with Crippen molar-refractivity contribution in [1.29, 1.82) is 0 Å². The second-order valence-electron chi connectivity index (χ2n) is 7.97. The molecule has 4 rings (SSSR count). The molecule has 2 aromatic heterocycles. The first-order valence-corrected chi connectivity index (χ1v) is 10.9. The number of para-hydroxylation sites is 2. The van der Waals surface area contributed by atoms with E-state index in [4.69, 9.17) is 14.5 Å². The molecule has 0 aliphatic rings. The monoisotopic (exact) mass is 447 g/mol. The number of aromatic nitrogens is 4. The number of fused-ring (bicyclic) bond motifs is 1. The van der Waals surface area contributed by atoms with Gasteiger partial charge in [-0.3, -0.25) is 9.89 Å². The number of benzene rings is 2. The Kier molecular flexibility index (Phi) is 6.74. The maximum Gasteiger partial charge on any atom is 0.225 e. The molecule has 0 bridgehead atoms. The van der Waals surface area contributed by atoms with E-state index in [0.717, 1.165) is 45.1 Å². The highest BCUT2D eigenvalue weighted by Crippen LogP contribution is 2.26. The van der Waals surface area contributed by atoms with Crippen LogP contribution >= 0.6 is 0 Å². The van der Waals surface area contributed by atoms with Gasteiger partial charge in [0, 0.05) is 30.5 Å². The van der Waals surface area contributed by atoms with Crippen molar-refractivity contribution >= 4 is 16.9 Å². The Morgan fingerprint density at radius 3 is 2.64 bits per heavy atom. The molecule has 2 heterocycles. The second kappa shape index (κ2) is 9.87. The lowest BCUT2D eigenvalue weighted by Gasteiger charge is -2.16. The number of methoxy groups -OCH3 is 2. The predicted octanol–water partition coefficient (Wildman–Crippen LogP) is 3.81. The highest BCUT2D eigenvalue weighted by molar-refractivity contribution is 5.82. The Hall–Kier alpha value is -3.65. The first-order chi connectivity index (χ1) is 16.0. The van der Waals surface area contributed by atoms with Gasteiger partial charge in [-0.2, -0.15) is 5.10 Å². The maximum atomic E-state index is 13.0. The fourth-order valence-electron chi connectivity index (χ4n) is 4.02. The summed E-state index contributed by atoms with van der Waals surface area (Å²) in [5, 5.41) is 10.6. The molecule has 2 aromatic carbocycles. The number of amides is 1. The van der Waals surface area contributed by atoms with E-state index < -0.39 is 0 Å². The van der Waals surface area contributed by atoms with E-state index in [1.807, 2.05) is 62.4 Å². The lowest BCUT2D eigenvalue weighted by Crippen LogP contribution is -2.30. The Balaban J connectivity index is 1.54. The van der Waals surface area contributed by atoms with Gasteiger partial charge in [0.1, 0.15) is 11.6 Å². The Bertz CT molecular complexity index is 1240. The zero-order valence-electron chi connectivity index (χ0n) is 19.4. The number of imidazole rings is 1. The Morgan fingerprint density at radius 2 is 1.91 bits per heavy atom. The van der Waals surface area contributed by atoms with Crippen LogP contribution in [0.3, 0.4) is 0 Å². The molecule has 8 nitrogen and oxygen atoms in total. The Morgan fingerprint density at radius 1 is 1.15 bits per heavy atom. The molecule has 172 valence electrons. The third kappa shape index (κ3) is 4.75. The molecule has 0 radical (unpaired) electrons. The number of aryl methyl sites for hydroxylation is 1. The minimum Gasteiger partial charge on any atom is -0.497 e. The van der Waals surface area contributed by atoms with Crippen LogP contribution in [0.15, 0.2) is 48.5 Å². The number of carbonyl (C=O) groups is 1. The standard InChI is InChI=1S/C25H29N5O3/c1-16-20(24(29-28-16)18-9-11-19(33-4)12-10-18)15-23(31)26-17(2)25-27-21-7-5-6-8-22(21)30(25)13-14-32-3/h5-12,17H,13-15H2,1-4H3,(H,26,31)(H,28,29)/t17-/m0/s1. The minimum absolute atomic E-state index is 0.0906. The van der Waals surface area contributed by atoms with Crippen molar-refractivity contribution in [3.63, 3.8) is 0 Å². The van der Waals surface area contributed by atoms with Crippen LogP contribution < -0.4 is 10.1 Å². The molecular weight excluding hydrogens is 418 g/mol. The van der Waals surface area contributed by atoms with Crippen molar-refractivity contribution in [1.82, 2.24) is 25.1 Å². The molecular formula is C25H29N5O3. The number of carbonyl (C=O) groups excluding carboxylic acids is 1. The summed E-state index contributed by atoms with van der Waals surface area (Å²) in [5.74, 6) is 1.49. The van der Waals surface area contributed by atoms with Gasteiger partial charge in [-0.15, -0.1) is 0 Å². The molecule has 4 aromatic rings. The van der Waals surface area contributed by atoms with Crippen molar-refractivity contribution in [3.05, 3.63) is 65.6 Å². The number of hydrogen-bond donors (Lipinski definition) is 2. The second-order valence-corrected chi connectivity index (χ2v) is 7.97. The van der Waals surface area contributed by atoms with Gasteiger partial charge in [0.2, 0.25) is 5.91 Å². The molecule has 1 atom stereocenters. The summed E-state index contributed by atoms with van der Waals surface area (Å²) < 4.78 is 12.6. The molecule has 0 saturated heterocycles. The summed E-state index contributed by atoms with van der Waals surface area (Å²) in [4.78, 5) is 17.8. The smallest absolute Gasteiger partial charge is 0.225 e. The molecule has 0 aliphatic carbocycles. The largest absolute Gasteiger partial charge is 0.497 e. The molecule has 0 spiro atoms. The van der Waals surface area contributed by atoms with Crippen molar-refractivity contribution in [3.8, 4) is 17.0 Å². The van der Waals surface area contributed by atoms with Gasteiger partial charge in [0.15, 0.2) is 0 Å². The van der Waals surface area contributed by atoms with Crippen LogP contribution in [0.4, 0.5) is 0 Å². The molecule has 0 fully saturated rings. The zero-order chi connectivity index (χ0) is 23.4. The van der Waals surface area contributed by atoms with Crippen LogP contribution in [-0.4, -0.2) is 46.5 Å². The molecule has 8 heteroatoms. The van der Waals surface area contributed by atoms with Crippen LogP contribution in [0.25, 0.3) is 22.3 Å². The number of H-pyrrole nitrogens is 1. The number of aromatic amines is 1. The fourth-order valence-corrected chi connectivity index (χ4v) is 4.02. The summed E-state index contributed by atoms with van der Waals surface area (Å²) in [6, 6.07) is 15.4. The van der Waals surface area contributed by atoms with Gasteiger partial charge < -0.3 is 19.4 Å².